The van der Waals surface area contributed by atoms with Crippen LogP contribution < -0.4 is 15.4 Å². The molecule has 1 aromatic carbocycles. The third-order valence-electron chi connectivity index (χ3n) is 2.63. The largest absolute Gasteiger partial charge is 0.495 e. The van der Waals surface area contributed by atoms with E-state index in [1.54, 1.807) is 19.4 Å². The van der Waals surface area contributed by atoms with Gasteiger partial charge in [-0.3, -0.25) is 0 Å². The molecule has 1 aromatic heterocycles. The summed E-state index contributed by atoms with van der Waals surface area (Å²) in [7, 11) is 3.51. The first-order chi connectivity index (χ1) is 8.63. The van der Waals surface area contributed by atoms with Crippen molar-refractivity contribution in [1.29, 1.82) is 0 Å². The molecule has 2 aromatic rings. The van der Waals surface area contributed by atoms with Crippen molar-refractivity contribution in [2.24, 2.45) is 0 Å². The molecule has 0 radical (unpaired) electrons. The molecule has 0 fully saturated rings. The number of hydrogen-bond acceptors (Lipinski definition) is 4. The van der Waals surface area contributed by atoms with Gasteiger partial charge in [0.2, 0.25) is 0 Å². The minimum Gasteiger partial charge on any atom is -0.495 e. The highest BCUT2D eigenvalue weighted by Crippen LogP contribution is 2.34. The van der Waals surface area contributed by atoms with Crippen LogP contribution in [0.5, 0.6) is 5.75 Å². The van der Waals surface area contributed by atoms with Crippen LogP contribution >= 0.6 is 11.6 Å². The maximum atomic E-state index is 5.92. The Labute approximate surface area is 111 Å². The van der Waals surface area contributed by atoms with Gasteiger partial charge in [0.05, 0.1) is 23.5 Å². The molecular weight excluding hydrogens is 250 g/mol. The lowest BCUT2D eigenvalue weighted by Crippen LogP contribution is -2.14. The molecule has 2 rings (SSSR count). The fourth-order valence-corrected chi connectivity index (χ4v) is 1.92. The van der Waals surface area contributed by atoms with Crippen LogP contribution in [0.2, 0.25) is 5.02 Å². The highest BCUT2D eigenvalue weighted by Gasteiger charge is 2.13. The number of benzene rings is 1. The summed E-state index contributed by atoms with van der Waals surface area (Å²) < 4.78 is 5.32. The molecule has 18 heavy (non-hydrogen) atoms. The zero-order chi connectivity index (χ0) is 13.1. The smallest absolute Gasteiger partial charge is 0.156 e. The lowest BCUT2D eigenvalue weighted by atomic mass is 10.2. The van der Waals surface area contributed by atoms with Gasteiger partial charge in [-0.25, -0.2) is 4.98 Å². The number of para-hydroxylation sites is 2. The van der Waals surface area contributed by atoms with E-state index in [0.717, 1.165) is 11.4 Å². The highest BCUT2D eigenvalue weighted by atomic mass is 35.5. The van der Waals surface area contributed by atoms with Crippen molar-refractivity contribution in [3.05, 3.63) is 41.6 Å². The van der Waals surface area contributed by atoms with Crippen molar-refractivity contribution >= 4 is 28.8 Å². The number of pyridine rings is 1. The Morgan fingerprint density at radius 2 is 2.06 bits per heavy atom. The minimum atomic E-state index is 0.518. The Morgan fingerprint density at radius 3 is 2.72 bits per heavy atom. The molecule has 94 valence electrons. The number of nitrogen functional groups attached to an aromatic ring is 1. The highest BCUT2D eigenvalue weighted by molar-refractivity contribution is 6.30. The molecule has 0 atom stereocenters. The first-order valence-electron chi connectivity index (χ1n) is 5.41. The van der Waals surface area contributed by atoms with Gasteiger partial charge < -0.3 is 15.4 Å². The number of methoxy groups -OCH3 is 1. The van der Waals surface area contributed by atoms with Crippen LogP contribution in [0.25, 0.3) is 0 Å². The molecular formula is C13H14ClN3O. The average Bonchev–Trinajstić information content (AvgIpc) is 2.38. The molecule has 1 heterocycles. The van der Waals surface area contributed by atoms with Crippen molar-refractivity contribution in [2.45, 2.75) is 0 Å². The summed E-state index contributed by atoms with van der Waals surface area (Å²) in [5, 5.41) is 0.518. The minimum absolute atomic E-state index is 0.518. The van der Waals surface area contributed by atoms with Crippen LogP contribution in [0, 0.1) is 0 Å². The Hall–Kier alpha value is -1.94. The second-order valence-electron chi connectivity index (χ2n) is 3.80. The van der Waals surface area contributed by atoms with E-state index < -0.39 is 0 Å². The zero-order valence-corrected chi connectivity index (χ0v) is 11.0. The van der Waals surface area contributed by atoms with Crippen molar-refractivity contribution in [3.63, 3.8) is 0 Å². The van der Waals surface area contributed by atoms with Gasteiger partial charge in [0, 0.05) is 13.2 Å². The molecule has 0 bridgehead atoms. The second kappa shape index (κ2) is 5.14. The first-order valence-corrected chi connectivity index (χ1v) is 5.79. The standard InChI is InChI=1S/C13H14ClN3O/c1-17(11-5-3-4-6-12(11)18-2)13-10(15)7-9(14)8-16-13/h3-8H,15H2,1-2H3. The van der Waals surface area contributed by atoms with Crippen molar-refractivity contribution in [2.75, 3.05) is 24.8 Å². The van der Waals surface area contributed by atoms with E-state index in [2.05, 4.69) is 4.98 Å². The molecule has 0 saturated heterocycles. The Balaban J connectivity index is 2.44. The quantitative estimate of drug-likeness (QED) is 0.925. The van der Waals surface area contributed by atoms with Crippen LogP contribution in [0.3, 0.4) is 0 Å². The molecule has 0 aliphatic carbocycles. The summed E-state index contributed by atoms with van der Waals surface area (Å²) in [6, 6.07) is 9.34. The van der Waals surface area contributed by atoms with Gasteiger partial charge in [-0.05, 0) is 18.2 Å². The molecule has 2 N–H and O–H groups in total. The first kappa shape index (κ1) is 12.5. The van der Waals surface area contributed by atoms with Crippen LogP contribution in [-0.4, -0.2) is 19.1 Å². The molecule has 0 aliphatic rings. The lowest BCUT2D eigenvalue weighted by molar-refractivity contribution is 0.415. The molecule has 4 nitrogen and oxygen atoms in total. The molecule has 0 amide bonds. The Bertz CT molecular complexity index is 560. The number of ether oxygens (including phenoxy) is 1. The average molecular weight is 264 g/mol. The summed E-state index contributed by atoms with van der Waals surface area (Å²) in [5.41, 5.74) is 7.34. The van der Waals surface area contributed by atoms with E-state index >= 15 is 0 Å². The Morgan fingerprint density at radius 1 is 1.33 bits per heavy atom. The van der Waals surface area contributed by atoms with Crippen LogP contribution in [0.4, 0.5) is 17.2 Å². The number of hydrogen-bond donors (Lipinski definition) is 1. The third kappa shape index (κ3) is 2.33. The molecule has 5 heteroatoms. The van der Waals surface area contributed by atoms with Gasteiger partial charge in [0.15, 0.2) is 5.82 Å². The SMILES string of the molecule is COc1ccccc1N(C)c1ncc(Cl)cc1N. The topological polar surface area (TPSA) is 51.4 Å². The summed E-state index contributed by atoms with van der Waals surface area (Å²) in [5.74, 6) is 1.40. The number of aromatic nitrogens is 1. The van der Waals surface area contributed by atoms with Crippen molar-refractivity contribution in [1.82, 2.24) is 4.98 Å². The van der Waals surface area contributed by atoms with E-state index in [1.807, 2.05) is 36.2 Å². The van der Waals surface area contributed by atoms with E-state index in [-0.39, 0.29) is 0 Å². The number of anilines is 3. The van der Waals surface area contributed by atoms with Gasteiger partial charge in [-0.1, -0.05) is 23.7 Å². The summed E-state index contributed by atoms with van der Waals surface area (Å²) >= 11 is 5.84. The summed E-state index contributed by atoms with van der Waals surface area (Å²) in [6.07, 6.45) is 1.57. The molecule has 0 aliphatic heterocycles. The van der Waals surface area contributed by atoms with E-state index in [4.69, 9.17) is 22.1 Å². The maximum Gasteiger partial charge on any atom is 0.156 e. The van der Waals surface area contributed by atoms with Gasteiger partial charge in [0.25, 0.3) is 0 Å². The van der Waals surface area contributed by atoms with Crippen LogP contribution in [-0.2, 0) is 0 Å². The second-order valence-corrected chi connectivity index (χ2v) is 4.23. The molecule has 0 unspecified atom stereocenters. The van der Waals surface area contributed by atoms with E-state index in [1.165, 1.54) is 0 Å². The molecule has 0 spiro atoms. The maximum absolute atomic E-state index is 5.92. The molecule has 0 saturated carbocycles. The predicted octanol–water partition coefficient (Wildman–Crippen LogP) is 3.09. The number of nitrogens with zero attached hydrogens (tertiary/aromatic N) is 2. The number of halogens is 1. The predicted molar refractivity (Wildman–Crippen MR) is 74.7 cm³/mol. The van der Waals surface area contributed by atoms with Crippen molar-refractivity contribution in [3.8, 4) is 5.75 Å². The zero-order valence-electron chi connectivity index (χ0n) is 10.2. The summed E-state index contributed by atoms with van der Waals surface area (Å²) in [6.45, 7) is 0. The summed E-state index contributed by atoms with van der Waals surface area (Å²) in [4.78, 5) is 6.11. The normalized spacial score (nSPS) is 10.2. The fraction of sp³-hybridized carbons (Fsp3) is 0.154. The Kier molecular flexibility index (Phi) is 3.58. The van der Waals surface area contributed by atoms with Crippen LogP contribution in [0.15, 0.2) is 36.5 Å². The van der Waals surface area contributed by atoms with Crippen molar-refractivity contribution < 1.29 is 4.74 Å². The number of rotatable bonds is 3. The van der Waals surface area contributed by atoms with Gasteiger partial charge in [0.1, 0.15) is 5.75 Å². The number of nitrogens with two attached hydrogens (primary N) is 1. The fourth-order valence-electron chi connectivity index (χ4n) is 1.75. The lowest BCUT2D eigenvalue weighted by Gasteiger charge is -2.22. The monoisotopic (exact) mass is 263 g/mol. The van der Waals surface area contributed by atoms with Gasteiger partial charge in [-0.2, -0.15) is 0 Å². The third-order valence-corrected chi connectivity index (χ3v) is 2.83. The van der Waals surface area contributed by atoms with Crippen LogP contribution in [0.1, 0.15) is 0 Å². The van der Waals surface area contributed by atoms with Gasteiger partial charge in [-0.15, -0.1) is 0 Å². The van der Waals surface area contributed by atoms with E-state index in [9.17, 15) is 0 Å². The van der Waals surface area contributed by atoms with Gasteiger partial charge >= 0.3 is 0 Å². The van der Waals surface area contributed by atoms with E-state index in [0.29, 0.717) is 16.5 Å².